The molecule has 0 aliphatic carbocycles. The molecule has 0 aromatic heterocycles. The van der Waals surface area contributed by atoms with Gasteiger partial charge in [-0.1, -0.05) is 120 Å². The van der Waals surface area contributed by atoms with Gasteiger partial charge in [-0.2, -0.15) is 0 Å². The molecule has 1 nitrogen and oxygen atoms in total. The Labute approximate surface area is 212 Å². The minimum Gasteiger partial charge on any atom is -0.417 e. The van der Waals surface area contributed by atoms with Gasteiger partial charge in [-0.05, 0) is 73.3 Å². The van der Waals surface area contributed by atoms with E-state index in [-0.39, 0.29) is 15.8 Å². The Bertz CT molecular complexity index is 869. The van der Waals surface area contributed by atoms with Crippen LogP contribution in [-0.4, -0.2) is 33.4 Å². The highest BCUT2D eigenvalue weighted by Crippen LogP contribution is 2.40. The second kappa shape index (κ2) is 15.0. The van der Waals surface area contributed by atoms with E-state index in [4.69, 9.17) is 4.43 Å². The summed E-state index contributed by atoms with van der Waals surface area (Å²) in [6.07, 6.45) is 6.35. The van der Waals surface area contributed by atoms with Crippen LogP contribution >= 0.6 is 15.8 Å². The van der Waals surface area contributed by atoms with Crippen molar-refractivity contribution in [1.82, 2.24) is 0 Å². The lowest BCUT2D eigenvalue weighted by atomic mass is 10.4. The first-order valence-electron chi connectivity index (χ1n) is 13.0. The minimum absolute atomic E-state index is 0.139. The maximum absolute atomic E-state index is 6.57. The highest BCUT2D eigenvalue weighted by molar-refractivity contribution is 7.73. The van der Waals surface area contributed by atoms with Crippen molar-refractivity contribution in [2.24, 2.45) is 0 Å². The van der Waals surface area contributed by atoms with Gasteiger partial charge in [-0.15, -0.1) is 0 Å². The fourth-order valence-corrected chi connectivity index (χ4v) is 12.3. The van der Waals surface area contributed by atoms with Crippen LogP contribution in [0.4, 0.5) is 0 Å². The third-order valence-electron chi connectivity index (χ3n) is 6.98. The van der Waals surface area contributed by atoms with Gasteiger partial charge in [-0.25, -0.2) is 0 Å². The summed E-state index contributed by atoms with van der Waals surface area (Å²) in [5, 5.41) is 4.56. The van der Waals surface area contributed by atoms with Gasteiger partial charge in [0.25, 0.3) is 0 Å². The van der Waals surface area contributed by atoms with Gasteiger partial charge in [0.1, 0.15) is 0 Å². The maximum atomic E-state index is 6.57. The first kappa shape index (κ1) is 27.3. The summed E-state index contributed by atoms with van der Waals surface area (Å²) in [6, 6.07) is 37.3. The van der Waals surface area contributed by atoms with Crippen LogP contribution in [0.3, 0.4) is 0 Å². The van der Waals surface area contributed by atoms with Gasteiger partial charge in [0.15, 0.2) is 8.32 Å². The summed E-state index contributed by atoms with van der Waals surface area (Å²) in [5.41, 5.74) is 0. The quantitative estimate of drug-likeness (QED) is 0.116. The smallest absolute Gasteiger partial charge is 0.191 e. The highest BCUT2D eigenvalue weighted by Gasteiger charge is 2.28. The van der Waals surface area contributed by atoms with Crippen molar-refractivity contribution >= 4 is 40.1 Å². The van der Waals surface area contributed by atoms with Crippen molar-refractivity contribution in [3.8, 4) is 0 Å². The summed E-state index contributed by atoms with van der Waals surface area (Å²) in [6.45, 7) is 7.93. The fourth-order valence-electron chi connectivity index (χ4n) is 4.65. The monoisotopic (exact) mass is 508 g/mol. The average molecular weight is 509 g/mol. The van der Waals surface area contributed by atoms with Crippen LogP contribution in [0.2, 0.25) is 18.1 Å². The zero-order valence-corrected chi connectivity index (χ0v) is 24.1. The van der Waals surface area contributed by atoms with Crippen molar-refractivity contribution in [2.45, 2.75) is 51.7 Å². The molecule has 0 saturated carbocycles. The molecule has 1 unspecified atom stereocenters. The largest absolute Gasteiger partial charge is 0.417 e. The second-order valence-corrected chi connectivity index (χ2v) is 18.5. The van der Waals surface area contributed by atoms with Crippen LogP contribution in [0, 0.1) is 0 Å². The molecule has 0 spiro atoms. The first-order valence-corrected chi connectivity index (χ1v) is 18.8. The number of hydrogen-bond acceptors (Lipinski definition) is 1. The molecule has 3 aromatic rings. The predicted molar refractivity (Wildman–Crippen MR) is 159 cm³/mol. The van der Waals surface area contributed by atoms with Crippen molar-refractivity contribution in [3.63, 3.8) is 0 Å². The molecule has 0 saturated heterocycles. The molecule has 34 heavy (non-hydrogen) atoms. The summed E-state index contributed by atoms with van der Waals surface area (Å²) >= 11 is 0. The Morgan fingerprint density at radius 3 is 1.47 bits per heavy atom. The van der Waals surface area contributed by atoms with Crippen LogP contribution < -0.4 is 15.9 Å². The normalized spacial score (nSPS) is 12.7. The van der Waals surface area contributed by atoms with E-state index in [0.717, 1.165) is 6.61 Å². The Balaban J connectivity index is 1.62. The third-order valence-corrected chi connectivity index (χ3v) is 17.0. The summed E-state index contributed by atoms with van der Waals surface area (Å²) in [5.74, 6) is 0. The molecule has 4 heteroatoms. The van der Waals surface area contributed by atoms with Crippen LogP contribution in [0.15, 0.2) is 91.0 Å². The molecule has 182 valence electrons. The molecule has 0 bridgehead atoms. The van der Waals surface area contributed by atoms with E-state index in [9.17, 15) is 0 Å². The molecular weight excluding hydrogens is 466 g/mol. The molecule has 0 amide bonds. The minimum atomic E-state index is -1.47. The molecule has 3 rings (SSSR count). The molecule has 1 atom stereocenters. The molecule has 3 aromatic carbocycles. The molecule has 0 heterocycles. The van der Waals surface area contributed by atoms with E-state index >= 15 is 0 Å². The van der Waals surface area contributed by atoms with Crippen LogP contribution in [-0.2, 0) is 4.43 Å². The second-order valence-electron chi connectivity index (χ2n) is 8.94. The molecular formula is C30H42OP2Si. The highest BCUT2D eigenvalue weighted by atomic mass is 31.1. The maximum Gasteiger partial charge on any atom is 0.191 e. The van der Waals surface area contributed by atoms with E-state index in [2.05, 4.69) is 112 Å². The molecule has 0 N–H and O–H groups in total. The van der Waals surface area contributed by atoms with Crippen LogP contribution in [0.25, 0.3) is 0 Å². The van der Waals surface area contributed by atoms with Crippen LogP contribution in [0.1, 0.15) is 33.6 Å². The SMILES string of the molecule is CC[Si](CC)(CC)OCCCP(CCCP(c1ccccc1)c1ccccc1)c1ccccc1. The zero-order chi connectivity index (χ0) is 24.1. The molecule has 0 radical (unpaired) electrons. The van der Waals surface area contributed by atoms with E-state index in [1.54, 1.807) is 5.30 Å². The molecule has 0 aliphatic heterocycles. The van der Waals surface area contributed by atoms with Crippen molar-refractivity contribution in [1.29, 1.82) is 0 Å². The van der Waals surface area contributed by atoms with Crippen molar-refractivity contribution < 1.29 is 4.43 Å². The van der Waals surface area contributed by atoms with Gasteiger partial charge in [-0.3, -0.25) is 0 Å². The first-order chi connectivity index (χ1) is 16.7. The standard InChI is InChI=1S/C30H42OP2Si/c1-4-34(5-2,6-3)31-24-16-25-32(28-18-10-7-11-19-28)26-17-27-33(29-20-12-8-13-21-29)30-22-14-9-15-23-30/h7-15,18-23H,4-6,16-17,24-27H2,1-3H3. The fraction of sp³-hybridized carbons (Fsp3) is 0.400. The van der Waals surface area contributed by atoms with Crippen LogP contribution in [0.5, 0.6) is 0 Å². The Hall–Kier alpha value is -1.30. The Kier molecular flexibility index (Phi) is 12.0. The third kappa shape index (κ3) is 8.13. The number of benzene rings is 3. The predicted octanol–water partition coefficient (Wildman–Crippen LogP) is 7.73. The van der Waals surface area contributed by atoms with Crippen molar-refractivity contribution in [2.75, 3.05) is 25.1 Å². The van der Waals surface area contributed by atoms with E-state index < -0.39 is 8.32 Å². The number of hydrogen-bond donors (Lipinski definition) is 0. The topological polar surface area (TPSA) is 9.23 Å². The summed E-state index contributed by atoms with van der Waals surface area (Å²) in [7, 11) is -1.91. The lowest BCUT2D eigenvalue weighted by Crippen LogP contribution is -2.36. The lowest BCUT2D eigenvalue weighted by Gasteiger charge is -2.28. The lowest BCUT2D eigenvalue weighted by molar-refractivity contribution is 0.300. The Morgan fingerprint density at radius 1 is 0.559 bits per heavy atom. The molecule has 0 aliphatic rings. The van der Waals surface area contributed by atoms with Gasteiger partial charge in [0.2, 0.25) is 0 Å². The average Bonchev–Trinajstić information content (AvgIpc) is 2.92. The van der Waals surface area contributed by atoms with E-state index in [0.29, 0.717) is 0 Å². The van der Waals surface area contributed by atoms with Gasteiger partial charge in [0.05, 0.1) is 0 Å². The van der Waals surface area contributed by atoms with Gasteiger partial charge >= 0.3 is 0 Å². The van der Waals surface area contributed by atoms with Crippen molar-refractivity contribution in [3.05, 3.63) is 91.0 Å². The molecule has 0 fully saturated rings. The van der Waals surface area contributed by atoms with Gasteiger partial charge < -0.3 is 4.43 Å². The summed E-state index contributed by atoms with van der Waals surface area (Å²) < 4.78 is 6.57. The Morgan fingerprint density at radius 2 is 1.00 bits per heavy atom. The zero-order valence-electron chi connectivity index (χ0n) is 21.3. The summed E-state index contributed by atoms with van der Waals surface area (Å²) in [4.78, 5) is 0. The van der Waals surface area contributed by atoms with E-state index in [1.807, 2.05) is 0 Å². The van der Waals surface area contributed by atoms with E-state index in [1.165, 1.54) is 60.1 Å². The number of rotatable bonds is 15. The van der Waals surface area contributed by atoms with Gasteiger partial charge in [0, 0.05) is 6.61 Å².